The van der Waals surface area contributed by atoms with Crippen LogP contribution in [0.3, 0.4) is 0 Å². The molecule has 1 aliphatic rings. The molecule has 0 fully saturated rings. The molecular weight excluding hydrogens is 308 g/mol. The van der Waals surface area contributed by atoms with Gasteiger partial charge in [-0.3, -0.25) is 0 Å². The second kappa shape index (κ2) is 6.93. The van der Waals surface area contributed by atoms with Gasteiger partial charge in [-0.25, -0.2) is 0 Å². The van der Waals surface area contributed by atoms with Crippen molar-refractivity contribution in [1.29, 1.82) is 0 Å². The van der Waals surface area contributed by atoms with Crippen LogP contribution in [-0.2, 0) is 25.9 Å². The fourth-order valence-electron chi connectivity index (χ4n) is 4.05. The van der Waals surface area contributed by atoms with Crippen LogP contribution in [0, 0.1) is 0 Å². The quantitative estimate of drug-likeness (QED) is 0.709. The van der Waals surface area contributed by atoms with E-state index >= 15 is 0 Å². The zero-order chi connectivity index (χ0) is 17.2. The maximum Gasteiger partial charge on any atom is 0.119 e. The minimum absolute atomic E-state index is 0.947. The van der Waals surface area contributed by atoms with Gasteiger partial charge in [0.1, 0.15) is 5.75 Å². The van der Waals surface area contributed by atoms with Crippen LogP contribution in [0.15, 0.2) is 48.5 Å². The number of methoxy groups -OCH3 is 1. The van der Waals surface area contributed by atoms with Crippen LogP contribution < -0.4 is 4.74 Å². The number of aryl methyl sites for hydroxylation is 2. The van der Waals surface area contributed by atoms with Crippen molar-refractivity contribution in [3.05, 3.63) is 65.4 Å². The monoisotopic (exact) mass is 334 g/mol. The van der Waals surface area contributed by atoms with Gasteiger partial charge in [0.05, 0.1) is 7.11 Å². The van der Waals surface area contributed by atoms with Gasteiger partial charge in [0, 0.05) is 29.7 Å². The summed E-state index contributed by atoms with van der Waals surface area (Å²) in [5.74, 6) is 0.947. The van der Waals surface area contributed by atoms with E-state index in [9.17, 15) is 0 Å². The van der Waals surface area contributed by atoms with Crippen molar-refractivity contribution in [2.75, 3.05) is 20.7 Å². The first-order chi connectivity index (χ1) is 12.3. The number of aromatic nitrogens is 1. The summed E-state index contributed by atoms with van der Waals surface area (Å²) in [5.41, 5.74) is 5.75. The van der Waals surface area contributed by atoms with Gasteiger partial charge in [-0.15, -0.1) is 0 Å². The molecule has 3 nitrogen and oxygen atoms in total. The normalized spacial score (nSPS) is 15.1. The van der Waals surface area contributed by atoms with Gasteiger partial charge in [0.15, 0.2) is 0 Å². The van der Waals surface area contributed by atoms with Gasteiger partial charge in [0.25, 0.3) is 0 Å². The molecule has 3 aromatic rings. The topological polar surface area (TPSA) is 17.4 Å². The molecule has 0 aliphatic carbocycles. The Bertz CT molecular complexity index is 867. The third kappa shape index (κ3) is 3.16. The van der Waals surface area contributed by atoms with Crippen LogP contribution in [0.1, 0.15) is 23.2 Å². The maximum absolute atomic E-state index is 5.49. The summed E-state index contributed by atoms with van der Waals surface area (Å²) in [6, 6.07) is 17.3. The van der Waals surface area contributed by atoms with Crippen LogP contribution in [0.5, 0.6) is 5.75 Å². The van der Waals surface area contributed by atoms with Gasteiger partial charge in [0.2, 0.25) is 0 Å². The van der Waals surface area contributed by atoms with E-state index in [4.69, 9.17) is 4.74 Å². The Morgan fingerprint density at radius 1 is 1.08 bits per heavy atom. The van der Waals surface area contributed by atoms with Crippen molar-refractivity contribution in [3.8, 4) is 5.75 Å². The van der Waals surface area contributed by atoms with Gasteiger partial charge >= 0.3 is 0 Å². The Morgan fingerprint density at radius 2 is 1.92 bits per heavy atom. The first-order valence-corrected chi connectivity index (χ1v) is 9.16. The first-order valence-electron chi connectivity index (χ1n) is 9.16. The Morgan fingerprint density at radius 3 is 2.72 bits per heavy atom. The predicted molar refractivity (Wildman–Crippen MR) is 103 cm³/mol. The van der Waals surface area contributed by atoms with E-state index in [0.717, 1.165) is 31.7 Å². The van der Waals surface area contributed by atoms with E-state index < -0.39 is 0 Å². The van der Waals surface area contributed by atoms with Crippen LogP contribution in [-0.4, -0.2) is 30.2 Å². The summed E-state index contributed by atoms with van der Waals surface area (Å²) in [4.78, 5) is 2.44. The number of hydrogen-bond donors (Lipinski definition) is 0. The summed E-state index contributed by atoms with van der Waals surface area (Å²) >= 11 is 0. The maximum atomic E-state index is 5.49. The highest BCUT2D eigenvalue weighted by molar-refractivity contribution is 5.87. The molecule has 0 atom stereocenters. The molecule has 2 heterocycles. The summed E-state index contributed by atoms with van der Waals surface area (Å²) in [6.07, 6.45) is 3.45. The minimum atomic E-state index is 0.947. The second-order valence-corrected chi connectivity index (χ2v) is 7.04. The third-order valence-electron chi connectivity index (χ3n) is 5.34. The standard InChI is InChI=1S/C22H26N2O/c1-23-13-6-9-21-20(16-23)19-15-18(25-2)10-11-22(19)24(21)14-12-17-7-4-3-5-8-17/h3-5,7-8,10-11,15H,6,9,12-14,16H2,1-2H3. The Balaban J connectivity index is 1.78. The largest absolute Gasteiger partial charge is 0.497 e. The average molecular weight is 334 g/mol. The predicted octanol–water partition coefficient (Wildman–Crippen LogP) is 4.27. The molecule has 0 N–H and O–H groups in total. The first kappa shape index (κ1) is 16.2. The molecule has 130 valence electrons. The number of rotatable bonds is 4. The summed E-state index contributed by atoms with van der Waals surface area (Å²) in [6.45, 7) is 3.22. The highest BCUT2D eigenvalue weighted by Gasteiger charge is 2.21. The molecule has 0 bridgehead atoms. The molecule has 1 aliphatic heterocycles. The molecule has 0 saturated heterocycles. The van der Waals surface area contributed by atoms with Crippen molar-refractivity contribution < 1.29 is 4.74 Å². The lowest BCUT2D eigenvalue weighted by atomic mass is 10.1. The van der Waals surface area contributed by atoms with Crippen molar-refractivity contribution in [2.45, 2.75) is 32.4 Å². The summed E-state index contributed by atoms with van der Waals surface area (Å²) in [5, 5.41) is 1.36. The number of benzene rings is 2. The van der Waals surface area contributed by atoms with E-state index in [-0.39, 0.29) is 0 Å². The molecule has 3 heteroatoms. The zero-order valence-electron chi connectivity index (χ0n) is 15.2. The van der Waals surface area contributed by atoms with E-state index in [1.807, 2.05) is 0 Å². The minimum Gasteiger partial charge on any atom is -0.497 e. The van der Waals surface area contributed by atoms with E-state index in [1.165, 1.54) is 40.7 Å². The Hall–Kier alpha value is -2.26. The van der Waals surface area contributed by atoms with Crippen molar-refractivity contribution in [3.63, 3.8) is 0 Å². The SMILES string of the molecule is COc1ccc2c(c1)c1c(n2CCc2ccccc2)CCCN(C)C1. The van der Waals surface area contributed by atoms with Crippen LogP contribution in [0.25, 0.3) is 10.9 Å². The average Bonchev–Trinajstić information content (AvgIpc) is 2.79. The van der Waals surface area contributed by atoms with Gasteiger partial charge in [-0.05, 0) is 62.2 Å². The number of nitrogens with zero attached hydrogens (tertiary/aromatic N) is 2. The van der Waals surface area contributed by atoms with Crippen LogP contribution >= 0.6 is 0 Å². The smallest absolute Gasteiger partial charge is 0.119 e. The molecule has 0 saturated carbocycles. The Kier molecular flexibility index (Phi) is 4.50. The lowest BCUT2D eigenvalue weighted by Crippen LogP contribution is -2.16. The van der Waals surface area contributed by atoms with E-state index in [0.29, 0.717) is 0 Å². The molecule has 2 aromatic carbocycles. The van der Waals surface area contributed by atoms with Crippen LogP contribution in [0.4, 0.5) is 0 Å². The van der Waals surface area contributed by atoms with Crippen molar-refractivity contribution >= 4 is 10.9 Å². The zero-order valence-corrected chi connectivity index (χ0v) is 15.2. The molecule has 0 radical (unpaired) electrons. The lowest BCUT2D eigenvalue weighted by molar-refractivity contribution is 0.333. The van der Waals surface area contributed by atoms with E-state index in [2.05, 4.69) is 65.0 Å². The van der Waals surface area contributed by atoms with Gasteiger partial charge < -0.3 is 14.2 Å². The number of hydrogen-bond acceptors (Lipinski definition) is 2. The van der Waals surface area contributed by atoms with Crippen molar-refractivity contribution in [2.24, 2.45) is 0 Å². The molecule has 0 amide bonds. The lowest BCUT2D eigenvalue weighted by Gasteiger charge is -2.12. The summed E-state index contributed by atoms with van der Waals surface area (Å²) < 4.78 is 8.04. The summed E-state index contributed by atoms with van der Waals surface area (Å²) in [7, 11) is 3.97. The number of fused-ring (bicyclic) bond motifs is 3. The molecule has 4 rings (SSSR count). The molecule has 0 unspecified atom stereocenters. The van der Waals surface area contributed by atoms with Crippen molar-refractivity contribution in [1.82, 2.24) is 9.47 Å². The fourth-order valence-corrected chi connectivity index (χ4v) is 4.05. The third-order valence-corrected chi connectivity index (χ3v) is 5.34. The van der Waals surface area contributed by atoms with E-state index in [1.54, 1.807) is 7.11 Å². The van der Waals surface area contributed by atoms with Gasteiger partial charge in [-0.1, -0.05) is 30.3 Å². The molecule has 1 aromatic heterocycles. The fraction of sp³-hybridized carbons (Fsp3) is 0.364. The molecule has 0 spiro atoms. The second-order valence-electron chi connectivity index (χ2n) is 7.04. The highest BCUT2D eigenvalue weighted by atomic mass is 16.5. The Labute approximate surface area is 149 Å². The highest BCUT2D eigenvalue weighted by Crippen LogP contribution is 2.33. The van der Waals surface area contributed by atoms with Gasteiger partial charge in [-0.2, -0.15) is 0 Å². The van der Waals surface area contributed by atoms with Crippen LogP contribution in [0.2, 0.25) is 0 Å². The molecular formula is C22H26N2O. The molecule has 25 heavy (non-hydrogen) atoms. The number of ether oxygens (including phenoxy) is 1.